The van der Waals surface area contributed by atoms with E-state index in [4.69, 9.17) is 0 Å². The van der Waals surface area contributed by atoms with Crippen LogP contribution in [0.4, 0.5) is 4.39 Å². The number of sulfonamides is 1. The Labute approximate surface area is 116 Å². The van der Waals surface area contributed by atoms with E-state index in [2.05, 4.69) is 4.40 Å². The van der Waals surface area contributed by atoms with Crippen LogP contribution in [0.3, 0.4) is 0 Å². The maximum absolute atomic E-state index is 13.1. The van der Waals surface area contributed by atoms with Gasteiger partial charge < -0.3 is 5.11 Å². The van der Waals surface area contributed by atoms with Crippen molar-refractivity contribution >= 4 is 16.2 Å². The number of aromatic hydroxyl groups is 1. The molecule has 6 heteroatoms. The Hall–Kier alpha value is -2.21. The summed E-state index contributed by atoms with van der Waals surface area (Å²) >= 11 is 0. The second-order valence-electron chi connectivity index (χ2n) is 4.20. The van der Waals surface area contributed by atoms with Crippen molar-refractivity contribution < 1.29 is 17.9 Å². The molecule has 2 aromatic rings. The molecular weight excluding hydrogens is 281 g/mol. The first-order chi connectivity index (χ1) is 9.40. The van der Waals surface area contributed by atoms with Crippen molar-refractivity contribution in [1.82, 2.24) is 0 Å². The molecule has 0 aliphatic carbocycles. The van der Waals surface area contributed by atoms with E-state index in [1.165, 1.54) is 24.3 Å². The molecule has 4 nitrogen and oxygen atoms in total. The van der Waals surface area contributed by atoms with Crippen molar-refractivity contribution in [3.05, 3.63) is 59.4 Å². The number of hydrogen-bond donors (Lipinski definition) is 1. The fourth-order valence-corrected chi connectivity index (χ4v) is 2.39. The molecule has 0 heterocycles. The minimum atomic E-state index is -3.87. The van der Waals surface area contributed by atoms with Gasteiger partial charge in [-0.1, -0.05) is 23.8 Å². The Bertz CT molecular complexity index is 752. The molecule has 0 saturated heterocycles. The van der Waals surface area contributed by atoms with Gasteiger partial charge in [0.25, 0.3) is 10.0 Å². The molecule has 0 amide bonds. The highest BCUT2D eigenvalue weighted by atomic mass is 32.2. The lowest BCUT2D eigenvalue weighted by Gasteiger charge is -2.01. The molecule has 0 aromatic heterocycles. The summed E-state index contributed by atoms with van der Waals surface area (Å²) in [5.74, 6) is -1.46. The SMILES string of the molecule is Cc1ccc(S(=O)(=O)/N=C/c2cccc(F)c2O)cc1. The van der Waals surface area contributed by atoms with Crippen LogP contribution in [0.2, 0.25) is 0 Å². The van der Waals surface area contributed by atoms with Crippen LogP contribution in [-0.2, 0) is 10.0 Å². The van der Waals surface area contributed by atoms with Gasteiger partial charge in [0.2, 0.25) is 0 Å². The number of phenolic OH excluding ortho intramolecular Hbond substituents is 1. The van der Waals surface area contributed by atoms with Gasteiger partial charge >= 0.3 is 0 Å². The molecule has 20 heavy (non-hydrogen) atoms. The highest BCUT2D eigenvalue weighted by Gasteiger charge is 2.12. The van der Waals surface area contributed by atoms with Gasteiger partial charge in [0.15, 0.2) is 11.6 Å². The fourth-order valence-electron chi connectivity index (χ4n) is 1.53. The van der Waals surface area contributed by atoms with Crippen molar-refractivity contribution in [1.29, 1.82) is 0 Å². The maximum Gasteiger partial charge on any atom is 0.282 e. The molecule has 0 fully saturated rings. The number of benzene rings is 2. The zero-order valence-electron chi connectivity index (χ0n) is 10.6. The van der Waals surface area contributed by atoms with Crippen LogP contribution < -0.4 is 0 Å². The van der Waals surface area contributed by atoms with Crippen LogP contribution in [0, 0.1) is 12.7 Å². The molecule has 0 radical (unpaired) electrons. The topological polar surface area (TPSA) is 66.7 Å². The first-order valence-electron chi connectivity index (χ1n) is 5.74. The minimum absolute atomic E-state index is 0.000636. The summed E-state index contributed by atoms with van der Waals surface area (Å²) in [5, 5.41) is 9.44. The van der Waals surface area contributed by atoms with E-state index >= 15 is 0 Å². The Morgan fingerprint density at radius 3 is 2.45 bits per heavy atom. The highest BCUT2D eigenvalue weighted by Crippen LogP contribution is 2.20. The summed E-state index contributed by atoms with van der Waals surface area (Å²) in [4.78, 5) is 0.0373. The fraction of sp³-hybridized carbons (Fsp3) is 0.0714. The first kappa shape index (κ1) is 14.2. The average molecular weight is 293 g/mol. The maximum atomic E-state index is 13.1. The number of rotatable bonds is 3. The molecule has 0 spiro atoms. The van der Waals surface area contributed by atoms with Gasteiger partial charge in [0.1, 0.15) is 0 Å². The van der Waals surface area contributed by atoms with Crippen LogP contribution >= 0.6 is 0 Å². The third-order valence-corrected chi connectivity index (χ3v) is 3.92. The van der Waals surface area contributed by atoms with E-state index in [0.717, 1.165) is 17.8 Å². The van der Waals surface area contributed by atoms with Gasteiger partial charge in [0.05, 0.1) is 11.1 Å². The summed E-state index contributed by atoms with van der Waals surface area (Å²) < 4.78 is 40.4. The van der Waals surface area contributed by atoms with Gasteiger partial charge in [-0.25, -0.2) is 4.39 Å². The summed E-state index contributed by atoms with van der Waals surface area (Å²) in [5.41, 5.74) is 0.927. The van der Waals surface area contributed by atoms with Crippen molar-refractivity contribution in [2.75, 3.05) is 0 Å². The Morgan fingerprint density at radius 1 is 1.15 bits per heavy atom. The van der Waals surface area contributed by atoms with E-state index < -0.39 is 21.6 Å². The number of aryl methyl sites for hydroxylation is 1. The van der Waals surface area contributed by atoms with E-state index in [0.29, 0.717) is 0 Å². The van der Waals surface area contributed by atoms with Gasteiger partial charge in [-0.15, -0.1) is 0 Å². The third-order valence-electron chi connectivity index (χ3n) is 2.67. The van der Waals surface area contributed by atoms with Gasteiger partial charge in [0, 0.05) is 5.56 Å². The zero-order chi connectivity index (χ0) is 14.8. The Morgan fingerprint density at radius 2 is 1.80 bits per heavy atom. The molecule has 0 unspecified atom stereocenters. The predicted molar refractivity (Wildman–Crippen MR) is 74.0 cm³/mol. The average Bonchev–Trinajstić information content (AvgIpc) is 2.41. The quantitative estimate of drug-likeness (QED) is 0.885. The number of nitrogens with zero attached hydrogens (tertiary/aromatic N) is 1. The summed E-state index contributed by atoms with van der Waals surface area (Å²) in [6, 6.07) is 9.98. The standard InChI is InChI=1S/C14H12FNO3S/c1-10-5-7-12(8-6-10)20(18,19)16-9-11-3-2-4-13(15)14(11)17/h2-9,17H,1H3/b16-9+. The van der Waals surface area contributed by atoms with Crippen LogP contribution in [0.1, 0.15) is 11.1 Å². The molecule has 0 saturated carbocycles. The van der Waals surface area contributed by atoms with Crippen LogP contribution in [0.5, 0.6) is 5.75 Å². The molecule has 0 aliphatic heterocycles. The Kier molecular flexibility index (Phi) is 3.85. The van der Waals surface area contributed by atoms with Crippen molar-refractivity contribution in [2.24, 2.45) is 4.40 Å². The number of phenols is 1. The molecule has 104 valence electrons. The number of hydrogen-bond acceptors (Lipinski definition) is 3. The second kappa shape index (κ2) is 5.42. The Balaban J connectivity index is 2.35. The van der Waals surface area contributed by atoms with Gasteiger partial charge in [-0.3, -0.25) is 0 Å². The van der Waals surface area contributed by atoms with E-state index in [9.17, 15) is 17.9 Å². The third kappa shape index (κ3) is 3.03. The monoisotopic (exact) mass is 293 g/mol. The summed E-state index contributed by atoms with van der Waals surface area (Å²) in [6.45, 7) is 1.84. The van der Waals surface area contributed by atoms with Crippen molar-refractivity contribution in [2.45, 2.75) is 11.8 Å². The van der Waals surface area contributed by atoms with Crippen LogP contribution in [0.25, 0.3) is 0 Å². The molecule has 2 rings (SSSR count). The van der Waals surface area contributed by atoms with Crippen LogP contribution in [-0.4, -0.2) is 19.7 Å². The lowest BCUT2D eigenvalue weighted by molar-refractivity contribution is 0.431. The normalized spacial score (nSPS) is 11.9. The first-order valence-corrected chi connectivity index (χ1v) is 7.18. The molecular formula is C14H12FNO3S. The highest BCUT2D eigenvalue weighted by molar-refractivity contribution is 7.90. The smallest absolute Gasteiger partial charge is 0.282 e. The van der Waals surface area contributed by atoms with Gasteiger partial charge in [-0.05, 0) is 31.2 Å². The van der Waals surface area contributed by atoms with Crippen LogP contribution in [0.15, 0.2) is 51.8 Å². The number of halogens is 1. The molecule has 0 aliphatic rings. The molecule has 0 atom stereocenters. The van der Waals surface area contributed by atoms with E-state index in [1.807, 2.05) is 6.92 Å². The molecule has 2 aromatic carbocycles. The second-order valence-corrected chi connectivity index (χ2v) is 5.83. The minimum Gasteiger partial charge on any atom is -0.504 e. The lowest BCUT2D eigenvalue weighted by Crippen LogP contribution is -1.98. The predicted octanol–water partition coefficient (Wildman–Crippen LogP) is 2.65. The summed E-state index contributed by atoms with van der Waals surface area (Å²) in [7, 11) is -3.87. The number of para-hydroxylation sites is 1. The molecule has 1 N–H and O–H groups in total. The van der Waals surface area contributed by atoms with Gasteiger partial charge in [-0.2, -0.15) is 12.8 Å². The lowest BCUT2D eigenvalue weighted by atomic mass is 10.2. The van der Waals surface area contributed by atoms with Crippen molar-refractivity contribution in [3.8, 4) is 5.75 Å². The van der Waals surface area contributed by atoms with E-state index in [-0.39, 0.29) is 10.5 Å². The molecule has 0 bridgehead atoms. The van der Waals surface area contributed by atoms with Crippen molar-refractivity contribution in [3.63, 3.8) is 0 Å². The zero-order valence-corrected chi connectivity index (χ0v) is 11.4. The largest absolute Gasteiger partial charge is 0.504 e. The summed E-state index contributed by atoms with van der Waals surface area (Å²) in [6.07, 6.45) is 0.924. The van der Waals surface area contributed by atoms with E-state index in [1.54, 1.807) is 12.1 Å².